The molecule has 0 spiro atoms. The molecular weight excluding hydrogens is 951 g/mol. The van der Waals surface area contributed by atoms with Crippen LogP contribution in [0, 0.1) is 5.82 Å². The second-order valence-electron chi connectivity index (χ2n) is 17.2. The third-order valence-corrected chi connectivity index (χ3v) is 14.1. The van der Waals surface area contributed by atoms with Crippen LogP contribution in [0.3, 0.4) is 0 Å². The summed E-state index contributed by atoms with van der Waals surface area (Å²) in [6.07, 6.45) is 5.10. The van der Waals surface area contributed by atoms with Gasteiger partial charge in [0.1, 0.15) is 30.0 Å². The van der Waals surface area contributed by atoms with Crippen LogP contribution in [-0.2, 0) is 49.4 Å². The number of rotatable bonds is 20. The Morgan fingerprint density at radius 3 is 1.92 bits per heavy atom. The van der Waals surface area contributed by atoms with Crippen molar-refractivity contribution in [2.45, 2.75) is 63.7 Å². The van der Waals surface area contributed by atoms with Gasteiger partial charge in [0, 0.05) is 49.2 Å². The number of tetrazole rings is 1. The van der Waals surface area contributed by atoms with Crippen molar-refractivity contribution in [3.8, 4) is 16.9 Å². The van der Waals surface area contributed by atoms with E-state index in [0.717, 1.165) is 57.3 Å². The summed E-state index contributed by atoms with van der Waals surface area (Å²) in [6, 6.07) is 36.7. The fourth-order valence-corrected chi connectivity index (χ4v) is 9.99. The lowest BCUT2D eigenvalue weighted by molar-refractivity contribution is -0.207. The number of piperazine rings is 1. The van der Waals surface area contributed by atoms with E-state index in [4.69, 9.17) is 13.6 Å². The topological polar surface area (TPSA) is 181 Å². The molecule has 9 rings (SSSR count). The summed E-state index contributed by atoms with van der Waals surface area (Å²) in [5.41, 5.74) is -0.156. The van der Waals surface area contributed by atoms with Gasteiger partial charge in [0.2, 0.25) is 0 Å². The third kappa shape index (κ3) is 10.8. The number of aromatic nitrogens is 9. The minimum absolute atomic E-state index is 0.00680. The van der Waals surface area contributed by atoms with Crippen molar-refractivity contribution in [3.05, 3.63) is 197 Å². The van der Waals surface area contributed by atoms with E-state index in [0.29, 0.717) is 44.0 Å². The Kier molecular flexibility index (Phi) is 14.9. The van der Waals surface area contributed by atoms with E-state index >= 15 is 8.78 Å². The SMILES string of the molecule is CC[C@@H]([C@H](C)OP(=O)(OCc1ccccc1)OCc1ccccc1)n1ncn(-c2ccc(N3CCN(c4ccc(-c5ccc(C(F)(F)C(O)(Cn6cnnn6)c6ccccc6F)nc5)cc4)CC3)cn2)c1=O. The molecular formula is C51H51F3N11O6P. The molecule has 372 valence electrons. The van der Waals surface area contributed by atoms with E-state index in [2.05, 4.69) is 40.4 Å². The minimum atomic E-state index is -4.15. The van der Waals surface area contributed by atoms with Crippen molar-refractivity contribution in [1.82, 2.24) is 44.5 Å². The summed E-state index contributed by atoms with van der Waals surface area (Å²) in [7, 11) is -4.15. The maximum Gasteiger partial charge on any atom is 0.475 e. The zero-order valence-electron chi connectivity index (χ0n) is 39.3. The van der Waals surface area contributed by atoms with E-state index < -0.39 is 60.8 Å². The molecule has 5 heterocycles. The van der Waals surface area contributed by atoms with Crippen LogP contribution >= 0.6 is 7.82 Å². The van der Waals surface area contributed by atoms with Gasteiger partial charge in [-0.1, -0.05) is 104 Å². The average Bonchev–Trinajstić information content (AvgIpc) is 4.07. The van der Waals surface area contributed by atoms with Gasteiger partial charge < -0.3 is 14.9 Å². The first-order chi connectivity index (χ1) is 34.8. The third-order valence-electron chi connectivity index (χ3n) is 12.6. The van der Waals surface area contributed by atoms with Gasteiger partial charge in [-0.3, -0.25) is 18.6 Å². The van der Waals surface area contributed by atoms with Crippen LogP contribution in [0.4, 0.5) is 24.5 Å². The average molecular weight is 1000 g/mol. The molecule has 1 N–H and O–H groups in total. The highest BCUT2D eigenvalue weighted by molar-refractivity contribution is 7.48. The van der Waals surface area contributed by atoms with Gasteiger partial charge in [0.25, 0.3) is 0 Å². The van der Waals surface area contributed by atoms with Gasteiger partial charge in [0.15, 0.2) is 5.60 Å². The van der Waals surface area contributed by atoms with Crippen molar-refractivity contribution in [2.75, 3.05) is 36.0 Å². The molecule has 17 nitrogen and oxygen atoms in total. The highest BCUT2D eigenvalue weighted by Crippen LogP contribution is 2.53. The van der Waals surface area contributed by atoms with Gasteiger partial charge in [0.05, 0.1) is 43.8 Å². The van der Waals surface area contributed by atoms with Crippen LogP contribution in [0.2, 0.25) is 0 Å². The zero-order valence-corrected chi connectivity index (χ0v) is 40.2. The quantitative estimate of drug-likeness (QED) is 0.0718. The molecule has 1 aliphatic rings. The molecule has 0 radical (unpaired) electrons. The van der Waals surface area contributed by atoms with Gasteiger partial charge in [-0.2, -0.15) is 13.9 Å². The standard InChI is InChI=1S/C51H51F3N11O6P/c1-3-46(37(2)71-72(68,69-32-38-12-6-4-7-13-38)70-33-39-14-8-5-9-15-39)65-49(66)64(36-58-65)48-25-23-43(31-56-48)62-28-26-61(27-29-62)42-21-18-40(19-22-42)41-20-24-47(55-30-41)51(53,54)50(67,34-63-35-57-59-60-63)44-16-10-11-17-45(44)52/h4-25,30-31,35-37,46,67H,3,26-29,32-34H2,1-2H3/t37-,46-,50?/m0/s1. The number of hydrogen-bond acceptors (Lipinski definition) is 14. The molecule has 1 saturated heterocycles. The number of benzene rings is 4. The zero-order chi connectivity index (χ0) is 50.3. The molecule has 4 aromatic carbocycles. The number of aliphatic hydroxyl groups is 1. The van der Waals surface area contributed by atoms with E-state index in [9.17, 15) is 18.9 Å². The molecule has 0 aliphatic carbocycles. The molecule has 0 amide bonds. The van der Waals surface area contributed by atoms with E-state index in [1.165, 1.54) is 40.0 Å². The first kappa shape index (κ1) is 49.6. The highest BCUT2D eigenvalue weighted by Gasteiger charge is 2.58. The molecule has 4 aromatic heterocycles. The van der Waals surface area contributed by atoms with Crippen molar-refractivity contribution in [1.29, 1.82) is 0 Å². The maximum absolute atomic E-state index is 16.3. The minimum Gasteiger partial charge on any atom is -0.377 e. The number of alkyl halides is 2. The Labute approximate surface area is 412 Å². The van der Waals surface area contributed by atoms with Gasteiger partial charge in [-0.15, -0.1) is 5.10 Å². The summed E-state index contributed by atoms with van der Waals surface area (Å²) in [5, 5.41) is 26.5. The molecule has 3 atom stereocenters. The van der Waals surface area contributed by atoms with Crippen LogP contribution in [0.25, 0.3) is 16.9 Å². The predicted molar refractivity (Wildman–Crippen MR) is 262 cm³/mol. The lowest BCUT2D eigenvalue weighted by Crippen LogP contribution is -2.48. The Morgan fingerprint density at radius 2 is 1.35 bits per heavy atom. The molecule has 0 bridgehead atoms. The normalized spacial score (nSPS) is 15.0. The van der Waals surface area contributed by atoms with E-state index in [1.54, 1.807) is 19.2 Å². The highest BCUT2D eigenvalue weighted by atomic mass is 31.2. The summed E-state index contributed by atoms with van der Waals surface area (Å²) in [6.45, 7) is 5.53. The number of anilines is 2. The monoisotopic (exact) mass is 1000 g/mol. The summed E-state index contributed by atoms with van der Waals surface area (Å²) in [5.74, 6) is -4.69. The lowest BCUT2D eigenvalue weighted by atomic mass is 9.84. The largest absolute Gasteiger partial charge is 0.475 e. The van der Waals surface area contributed by atoms with Gasteiger partial charge in [-0.05, 0) is 76.9 Å². The summed E-state index contributed by atoms with van der Waals surface area (Å²) in [4.78, 5) is 27.0. The van der Waals surface area contributed by atoms with Crippen LogP contribution in [-0.4, -0.2) is 81.9 Å². The molecule has 72 heavy (non-hydrogen) atoms. The van der Waals surface area contributed by atoms with Crippen LogP contribution in [0.1, 0.15) is 48.7 Å². The molecule has 8 aromatic rings. The van der Waals surface area contributed by atoms with Crippen LogP contribution in [0.5, 0.6) is 0 Å². The maximum atomic E-state index is 16.3. The fourth-order valence-electron chi connectivity index (χ4n) is 8.63. The van der Waals surface area contributed by atoms with Crippen molar-refractivity contribution >= 4 is 19.2 Å². The van der Waals surface area contributed by atoms with Crippen molar-refractivity contribution < 1.29 is 36.4 Å². The lowest BCUT2D eigenvalue weighted by Gasteiger charge is -2.37. The second-order valence-corrected chi connectivity index (χ2v) is 18.9. The van der Waals surface area contributed by atoms with Crippen molar-refractivity contribution in [3.63, 3.8) is 0 Å². The molecule has 21 heteroatoms. The Balaban J connectivity index is 0.812. The summed E-state index contributed by atoms with van der Waals surface area (Å²) >= 11 is 0. The number of hydrogen-bond donors (Lipinski definition) is 1. The van der Waals surface area contributed by atoms with E-state index in [-0.39, 0.29) is 13.2 Å². The van der Waals surface area contributed by atoms with Crippen molar-refractivity contribution in [2.24, 2.45) is 0 Å². The van der Waals surface area contributed by atoms with Crippen LogP contribution < -0.4 is 15.5 Å². The Morgan fingerprint density at radius 1 is 0.736 bits per heavy atom. The second kappa shape index (κ2) is 21.6. The molecule has 1 unspecified atom stereocenters. The molecule has 1 aliphatic heterocycles. The van der Waals surface area contributed by atoms with Gasteiger partial charge >= 0.3 is 19.4 Å². The number of phosphoric ester groups is 1. The first-order valence-electron chi connectivity index (χ1n) is 23.2. The van der Waals surface area contributed by atoms with Crippen LogP contribution in [0.15, 0.2) is 163 Å². The molecule has 1 fully saturated rings. The number of nitrogens with zero attached hydrogens (tertiary/aromatic N) is 11. The Bertz CT molecular complexity index is 3080. The number of phosphoric acid groups is 1. The first-order valence-corrected chi connectivity index (χ1v) is 24.7. The van der Waals surface area contributed by atoms with E-state index in [1.807, 2.05) is 97.9 Å². The molecule has 0 saturated carbocycles. The number of pyridine rings is 2. The fraction of sp³-hybridized carbons (Fsp3) is 0.275. The number of halogens is 3. The smallest absolute Gasteiger partial charge is 0.377 e. The summed E-state index contributed by atoms with van der Waals surface area (Å²) < 4.78 is 83.0. The Hall–Kier alpha value is -7.35. The predicted octanol–water partition coefficient (Wildman–Crippen LogP) is 8.52. The van der Waals surface area contributed by atoms with Gasteiger partial charge in [-0.25, -0.2) is 32.7 Å².